The van der Waals surface area contributed by atoms with E-state index in [1.54, 1.807) is 35.9 Å². The number of ether oxygens (including phenoxy) is 1. The molecule has 0 bridgehead atoms. The number of aromatic hydroxyl groups is 1. The first-order valence-corrected chi connectivity index (χ1v) is 9.13. The average Bonchev–Trinajstić information content (AvgIpc) is 3.02. The van der Waals surface area contributed by atoms with Gasteiger partial charge in [-0.2, -0.15) is 0 Å². The summed E-state index contributed by atoms with van der Waals surface area (Å²) in [6.07, 6.45) is 0. The van der Waals surface area contributed by atoms with Gasteiger partial charge in [-0.3, -0.25) is 4.79 Å². The Morgan fingerprint density at radius 2 is 1.66 bits per heavy atom. The highest BCUT2D eigenvalue weighted by Gasteiger charge is 2.14. The van der Waals surface area contributed by atoms with Crippen molar-refractivity contribution in [1.82, 2.24) is 4.57 Å². The summed E-state index contributed by atoms with van der Waals surface area (Å²) >= 11 is 0. The topological polar surface area (TPSA) is 76.2 Å². The van der Waals surface area contributed by atoms with Crippen LogP contribution in [-0.4, -0.2) is 15.6 Å². The second-order valence-corrected chi connectivity index (χ2v) is 6.55. The lowest BCUT2D eigenvalue weighted by Crippen LogP contribution is -1.97. The molecule has 1 aromatic heterocycles. The summed E-state index contributed by atoms with van der Waals surface area (Å²) in [6.45, 7) is 0.453. The van der Waals surface area contributed by atoms with E-state index in [0.717, 1.165) is 16.5 Å². The van der Waals surface area contributed by atoms with E-state index in [1.165, 1.54) is 0 Å². The zero-order chi connectivity index (χ0) is 20.2. The van der Waals surface area contributed by atoms with Crippen LogP contribution < -0.4 is 4.74 Å². The van der Waals surface area contributed by atoms with E-state index in [1.807, 2.05) is 54.6 Å². The molecule has 1 amide bonds. The van der Waals surface area contributed by atoms with E-state index in [4.69, 9.17) is 4.74 Å². The zero-order valence-electron chi connectivity index (χ0n) is 15.8. The van der Waals surface area contributed by atoms with Crippen molar-refractivity contribution in [3.05, 3.63) is 90.0 Å². The van der Waals surface area contributed by atoms with E-state index in [2.05, 4.69) is 10.2 Å². The van der Waals surface area contributed by atoms with Gasteiger partial charge < -0.3 is 14.4 Å². The van der Waals surface area contributed by atoms with Gasteiger partial charge in [0.05, 0.1) is 5.52 Å². The number of carbonyl (C=O) groups is 1. The molecule has 0 unspecified atom stereocenters. The van der Waals surface area contributed by atoms with Crippen molar-refractivity contribution in [3.63, 3.8) is 0 Å². The summed E-state index contributed by atoms with van der Waals surface area (Å²) in [5.74, 6) is 0.133. The van der Waals surface area contributed by atoms with Crippen molar-refractivity contribution in [2.75, 3.05) is 0 Å². The maximum Gasteiger partial charge on any atom is 0.295 e. The zero-order valence-corrected chi connectivity index (χ0v) is 15.8. The number of azo groups is 1. The molecule has 0 aliphatic rings. The standard InChI is InChI=1S/C23H19N3O3/c1-26-20-10-6-5-9-19(20)21(23(26)28)24-25-22(27)17-11-13-18(14-12-17)29-15-16-7-3-2-4-8-16/h2-14,28H,15H2,1H3. The Morgan fingerprint density at radius 1 is 0.966 bits per heavy atom. The van der Waals surface area contributed by atoms with Crippen LogP contribution in [0.15, 0.2) is 89.1 Å². The van der Waals surface area contributed by atoms with Gasteiger partial charge in [0.25, 0.3) is 5.91 Å². The van der Waals surface area contributed by atoms with Crippen molar-refractivity contribution in [1.29, 1.82) is 0 Å². The third-order valence-electron chi connectivity index (χ3n) is 4.64. The largest absolute Gasteiger partial charge is 0.493 e. The molecular weight excluding hydrogens is 366 g/mol. The molecule has 144 valence electrons. The molecule has 0 atom stereocenters. The summed E-state index contributed by atoms with van der Waals surface area (Å²) < 4.78 is 7.33. The monoisotopic (exact) mass is 385 g/mol. The number of para-hydroxylation sites is 1. The Hall–Kier alpha value is -3.93. The van der Waals surface area contributed by atoms with Crippen molar-refractivity contribution >= 4 is 22.5 Å². The van der Waals surface area contributed by atoms with Crippen LogP contribution in [0.25, 0.3) is 10.9 Å². The molecule has 0 spiro atoms. The fourth-order valence-electron chi connectivity index (χ4n) is 3.05. The van der Waals surface area contributed by atoms with Gasteiger partial charge in [-0.05, 0) is 35.9 Å². The molecule has 0 fully saturated rings. The normalized spacial score (nSPS) is 11.2. The Balaban J connectivity index is 1.47. The molecule has 0 saturated carbocycles. The third kappa shape index (κ3) is 3.87. The second kappa shape index (κ2) is 7.98. The molecule has 0 aliphatic heterocycles. The predicted octanol–water partition coefficient (Wildman–Crippen LogP) is 5.39. The highest BCUT2D eigenvalue weighted by Crippen LogP contribution is 2.37. The highest BCUT2D eigenvalue weighted by molar-refractivity contribution is 5.97. The molecule has 0 radical (unpaired) electrons. The molecule has 1 heterocycles. The Kier molecular flexibility index (Phi) is 5.07. The number of hydrogen-bond donors (Lipinski definition) is 1. The lowest BCUT2D eigenvalue weighted by molar-refractivity contribution is 0.0995. The maximum absolute atomic E-state index is 12.4. The maximum atomic E-state index is 12.4. The van der Waals surface area contributed by atoms with Crippen molar-refractivity contribution < 1.29 is 14.6 Å². The lowest BCUT2D eigenvalue weighted by atomic mass is 10.2. The van der Waals surface area contributed by atoms with E-state index in [-0.39, 0.29) is 11.6 Å². The van der Waals surface area contributed by atoms with Crippen LogP contribution in [-0.2, 0) is 13.7 Å². The van der Waals surface area contributed by atoms with Crippen LogP contribution in [0.4, 0.5) is 5.69 Å². The summed E-state index contributed by atoms with van der Waals surface area (Å²) in [4.78, 5) is 12.4. The minimum Gasteiger partial charge on any atom is -0.493 e. The number of hydrogen-bond acceptors (Lipinski definition) is 4. The molecule has 4 rings (SSSR count). The molecule has 4 aromatic rings. The Labute approximate surface area is 167 Å². The van der Waals surface area contributed by atoms with Crippen LogP contribution in [0.5, 0.6) is 11.6 Å². The molecule has 0 aliphatic carbocycles. The first-order valence-electron chi connectivity index (χ1n) is 9.13. The third-order valence-corrected chi connectivity index (χ3v) is 4.64. The summed E-state index contributed by atoms with van der Waals surface area (Å²) in [6, 6.07) is 24.0. The summed E-state index contributed by atoms with van der Waals surface area (Å²) in [5, 5.41) is 18.8. The SMILES string of the molecule is Cn1c(O)c(N=NC(=O)c2ccc(OCc3ccccc3)cc2)c2ccccc21. The molecule has 29 heavy (non-hydrogen) atoms. The number of aromatic nitrogens is 1. The van der Waals surface area contributed by atoms with Gasteiger partial charge in [-0.15, -0.1) is 10.2 Å². The van der Waals surface area contributed by atoms with Gasteiger partial charge in [-0.25, -0.2) is 0 Å². The second-order valence-electron chi connectivity index (χ2n) is 6.55. The predicted molar refractivity (Wildman–Crippen MR) is 111 cm³/mol. The number of nitrogens with zero attached hydrogens (tertiary/aromatic N) is 3. The molecule has 6 heteroatoms. The van der Waals surface area contributed by atoms with Gasteiger partial charge in [0.15, 0.2) is 5.69 Å². The summed E-state index contributed by atoms with van der Waals surface area (Å²) in [7, 11) is 1.73. The van der Waals surface area contributed by atoms with Crippen molar-refractivity contribution in [3.8, 4) is 11.6 Å². The van der Waals surface area contributed by atoms with Crippen LogP contribution in [0.2, 0.25) is 0 Å². The van der Waals surface area contributed by atoms with E-state index in [9.17, 15) is 9.90 Å². The van der Waals surface area contributed by atoms with Gasteiger partial charge >= 0.3 is 0 Å². The smallest absolute Gasteiger partial charge is 0.295 e. The number of rotatable bonds is 5. The summed E-state index contributed by atoms with van der Waals surface area (Å²) in [5.41, 5.74) is 2.54. The lowest BCUT2D eigenvalue weighted by Gasteiger charge is -2.06. The van der Waals surface area contributed by atoms with Gasteiger partial charge in [0.1, 0.15) is 12.4 Å². The Morgan fingerprint density at radius 3 is 2.41 bits per heavy atom. The van der Waals surface area contributed by atoms with Crippen molar-refractivity contribution in [2.45, 2.75) is 6.61 Å². The van der Waals surface area contributed by atoms with Crippen LogP contribution in [0.3, 0.4) is 0 Å². The fourth-order valence-corrected chi connectivity index (χ4v) is 3.05. The highest BCUT2D eigenvalue weighted by atomic mass is 16.5. The van der Waals surface area contributed by atoms with Gasteiger partial charge in [0.2, 0.25) is 5.88 Å². The molecule has 0 saturated heterocycles. The molecule has 1 N–H and O–H groups in total. The van der Waals surface area contributed by atoms with Crippen LogP contribution in [0, 0.1) is 0 Å². The Bertz CT molecular complexity index is 1180. The van der Waals surface area contributed by atoms with E-state index in [0.29, 0.717) is 17.9 Å². The minimum absolute atomic E-state index is 0.0348. The molecule has 6 nitrogen and oxygen atoms in total. The average molecular weight is 385 g/mol. The number of carbonyl (C=O) groups excluding carboxylic acids is 1. The first-order chi connectivity index (χ1) is 14.1. The quantitative estimate of drug-likeness (QED) is 0.468. The first kappa shape index (κ1) is 18.4. The van der Waals surface area contributed by atoms with Gasteiger partial charge in [0, 0.05) is 18.0 Å². The van der Waals surface area contributed by atoms with E-state index < -0.39 is 5.91 Å². The molecular formula is C23H19N3O3. The van der Waals surface area contributed by atoms with Gasteiger partial charge in [-0.1, -0.05) is 48.5 Å². The van der Waals surface area contributed by atoms with Crippen molar-refractivity contribution in [2.24, 2.45) is 17.3 Å². The molecule has 3 aromatic carbocycles. The minimum atomic E-state index is -0.494. The van der Waals surface area contributed by atoms with Crippen LogP contribution >= 0.6 is 0 Å². The number of fused-ring (bicyclic) bond motifs is 1. The number of amides is 1. The number of aryl methyl sites for hydroxylation is 1. The van der Waals surface area contributed by atoms with Crippen LogP contribution in [0.1, 0.15) is 15.9 Å². The number of benzene rings is 3. The van der Waals surface area contributed by atoms with E-state index >= 15 is 0 Å². The fraction of sp³-hybridized carbons (Fsp3) is 0.0870.